The summed E-state index contributed by atoms with van der Waals surface area (Å²) in [6, 6.07) is 10.3. The predicted molar refractivity (Wildman–Crippen MR) is 111 cm³/mol. The minimum Gasteiger partial charge on any atom is -0.315 e. The van der Waals surface area contributed by atoms with Gasteiger partial charge in [0.05, 0.1) is 18.3 Å². The lowest BCUT2D eigenvalue weighted by atomic mass is 10.1. The number of hydrogen-bond acceptors (Lipinski definition) is 9. The van der Waals surface area contributed by atoms with Gasteiger partial charge in [-0.15, -0.1) is 16.5 Å². The molecule has 5 rings (SSSR count). The molecule has 4 aromatic rings. The summed E-state index contributed by atoms with van der Waals surface area (Å²) >= 11 is 1.59. The van der Waals surface area contributed by atoms with Crippen LogP contribution in [0.4, 0.5) is 22.6 Å². The molecule has 0 amide bonds. The minimum absolute atomic E-state index is 0.663. The van der Waals surface area contributed by atoms with Crippen molar-refractivity contribution in [3.8, 4) is 0 Å². The summed E-state index contributed by atoms with van der Waals surface area (Å²) in [6.07, 6.45) is 5.36. The second-order valence-electron chi connectivity index (χ2n) is 6.55. The van der Waals surface area contributed by atoms with Gasteiger partial charge in [0.2, 0.25) is 0 Å². The van der Waals surface area contributed by atoms with Crippen LogP contribution in [0.1, 0.15) is 10.4 Å². The highest BCUT2D eigenvalue weighted by atomic mass is 32.1. The number of benzene rings is 1. The van der Waals surface area contributed by atoms with Crippen LogP contribution < -0.4 is 15.8 Å². The van der Waals surface area contributed by atoms with Crippen molar-refractivity contribution in [3.63, 3.8) is 0 Å². The molecule has 0 atom stereocenters. The molecule has 0 fully saturated rings. The van der Waals surface area contributed by atoms with Crippen LogP contribution in [0, 0.1) is 6.92 Å². The van der Waals surface area contributed by atoms with Crippen LogP contribution in [0.15, 0.2) is 48.9 Å². The molecule has 0 saturated heterocycles. The summed E-state index contributed by atoms with van der Waals surface area (Å²) in [5.74, 6) is 2.16. The lowest BCUT2D eigenvalue weighted by molar-refractivity contribution is 0.378. The highest BCUT2D eigenvalue weighted by Crippen LogP contribution is 2.32. The topological polar surface area (TPSA) is 82.1 Å². The van der Waals surface area contributed by atoms with Crippen LogP contribution in [0.25, 0.3) is 10.9 Å². The van der Waals surface area contributed by atoms with Gasteiger partial charge in [-0.1, -0.05) is 12.1 Å². The Bertz CT molecular complexity index is 1160. The van der Waals surface area contributed by atoms with E-state index < -0.39 is 0 Å². The summed E-state index contributed by atoms with van der Waals surface area (Å²) in [5.41, 5.74) is 5.39. The average Bonchev–Trinajstić information content (AvgIpc) is 3.24. The van der Waals surface area contributed by atoms with E-state index >= 15 is 0 Å². The van der Waals surface area contributed by atoms with Crippen molar-refractivity contribution in [1.82, 2.24) is 25.1 Å². The molecule has 0 aliphatic carbocycles. The highest BCUT2D eigenvalue weighted by molar-refractivity contribution is 7.15. The van der Waals surface area contributed by atoms with E-state index in [9.17, 15) is 0 Å². The molecule has 1 aliphatic heterocycles. The summed E-state index contributed by atoms with van der Waals surface area (Å²) in [4.78, 5) is 19.1. The first kappa shape index (κ1) is 16.8. The Morgan fingerprint density at radius 1 is 1.14 bits per heavy atom. The maximum absolute atomic E-state index is 4.75. The summed E-state index contributed by atoms with van der Waals surface area (Å²) in [6.45, 7) is 2.69. The monoisotopic (exact) mass is 390 g/mol. The van der Waals surface area contributed by atoms with Crippen molar-refractivity contribution in [1.29, 1.82) is 0 Å². The van der Waals surface area contributed by atoms with Crippen LogP contribution in [0.5, 0.6) is 0 Å². The number of rotatable bonds is 4. The van der Waals surface area contributed by atoms with Gasteiger partial charge in [0.15, 0.2) is 22.6 Å². The van der Waals surface area contributed by atoms with Gasteiger partial charge in [0.1, 0.15) is 0 Å². The zero-order chi connectivity index (χ0) is 19.1. The number of nitrogens with zero attached hydrogens (tertiary/aromatic N) is 6. The van der Waals surface area contributed by atoms with E-state index in [1.807, 2.05) is 43.6 Å². The van der Waals surface area contributed by atoms with E-state index in [1.165, 1.54) is 0 Å². The number of aryl methyl sites for hydroxylation is 1. The van der Waals surface area contributed by atoms with Crippen LogP contribution in [0.3, 0.4) is 0 Å². The third-order valence-electron chi connectivity index (χ3n) is 4.48. The zero-order valence-corrected chi connectivity index (χ0v) is 16.2. The van der Waals surface area contributed by atoms with Gasteiger partial charge in [-0.3, -0.25) is 15.4 Å². The van der Waals surface area contributed by atoms with Crippen molar-refractivity contribution < 1.29 is 0 Å². The largest absolute Gasteiger partial charge is 0.315 e. The van der Waals surface area contributed by atoms with E-state index in [-0.39, 0.29) is 0 Å². The van der Waals surface area contributed by atoms with E-state index in [4.69, 9.17) is 4.98 Å². The standard InChI is InChI=1S/C19H18N8S/c1-12-9-22-19(28-12)24-16-10-21-17-18(23-16)27(26(2)25-17)11-13-5-6-15-14(8-13)4-3-7-20-15/h3-10H,11H2,1-2H3,(H,21,25)(H,22,23,24). The molecule has 0 unspecified atom stereocenters. The molecule has 3 aromatic heterocycles. The number of nitrogens with one attached hydrogen (secondary N) is 2. The Morgan fingerprint density at radius 2 is 2.07 bits per heavy atom. The summed E-state index contributed by atoms with van der Waals surface area (Å²) < 4.78 is 0. The fraction of sp³-hybridized carbons (Fsp3) is 0.158. The van der Waals surface area contributed by atoms with Gasteiger partial charge in [-0.05, 0) is 30.7 Å². The molecule has 1 aromatic carbocycles. The smallest absolute Gasteiger partial charge is 0.191 e. The van der Waals surface area contributed by atoms with Gasteiger partial charge in [0.25, 0.3) is 0 Å². The Hall–Kier alpha value is -3.30. The maximum atomic E-state index is 4.75. The lowest BCUT2D eigenvalue weighted by Crippen LogP contribution is -2.37. The molecule has 0 spiro atoms. The van der Waals surface area contributed by atoms with E-state index in [2.05, 4.69) is 48.9 Å². The fourth-order valence-corrected chi connectivity index (χ4v) is 3.82. The second kappa shape index (κ2) is 6.70. The van der Waals surface area contributed by atoms with Crippen LogP contribution in [-0.2, 0) is 6.54 Å². The van der Waals surface area contributed by atoms with Gasteiger partial charge >= 0.3 is 0 Å². The molecule has 2 N–H and O–H groups in total. The molecule has 0 saturated carbocycles. The van der Waals surface area contributed by atoms with Crippen LogP contribution in [0.2, 0.25) is 0 Å². The van der Waals surface area contributed by atoms with Gasteiger partial charge in [0, 0.05) is 29.7 Å². The SMILES string of the molecule is Cc1cnc(Nc2cnc3c(n2)N(Cc2ccc4ncccc4c2)N(C)N3)s1. The molecule has 0 bridgehead atoms. The predicted octanol–water partition coefficient (Wildman–Crippen LogP) is 3.73. The molecular weight excluding hydrogens is 372 g/mol. The number of hydrazine groups is 2. The number of pyridine rings is 1. The van der Waals surface area contributed by atoms with Crippen molar-refractivity contribution in [3.05, 3.63) is 59.4 Å². The number of aromatic nitrogens is 4. The van der Waals surface area contributed by atoms with E-state index in [1.54, 1.807) is 17.5 Å². The first-order valence-corrected chi connectivity index (χ1v) is 9.65. The van der Waals surface area contributed by atoms with Gasteiger partial charge in [-0.25, -0.2) is 15.0 Å². The third-order valence-corrected chi connectivity index (χ3v) is 5.31. The number of anilines is 4. The fourth-order valence-electron chi connectivity index (χ4n) is 3.15. The Balaban J connectivity index is 1.43. The maximum Gasteiger partial charge on any atom is 0.191 e. The quantitative estimate of drug-likeness (QED) is 0.546. The lowest BCUT2D eigenvalue weighted by Gasteiger charge is -2.24. The van der Waals surface area contributed by atoms with Gasteiger partial charge in [-0.2, -0.15) is 0 Å². The van der Waals surface area contributed by atoms with E-state index in [0.29, 0.717) is 12.4 Å². The molecule has 9 heteroatoms. The van der Waals surface area contributed by atoms with Crippen molar-refractivity contribution in [2.45, 2.75) is 13.5 Å². The Kier molecular flexibility index (Phi) is 4.03. The molecule has 0 radical (unpaired) electrons. The van der Waals surface area contributed by atoms with Crippen molar-refractivity contribution in [2.75, 3.05) is 22.8 Å². The Morgan fingerprint density at radius 3 is 2.93 bits per heavy atom. The number of thiazole rings is 1. The minimum atomic E-state index is 0.663. The van der Waals surface area contributed by atoms with Gasteiger partial charge < -0.3 is 5.32 Å². The number of hydrogen-bond donors (Lipinski definition) is 2. The summed E-state index contributed by atoms with van der Waals surface area (Å²) in [5, 5.41) is 9.11. The third kappa shape index (κ3) is 3.10. The Labute approximate surface area is 165 Å². The molecule has 8 nitrogen and oxygen atoms in total. The molecule has 140 valence electrons. The molecule has 4 heterocycles. The zero-order valence-electron chi connectivity index (χ0n) is 15.4. The van der Waals surface area contributed by atoms with Crippen LogP contribution >= 0.6 is 11.3 Å². The molecule has 1 aliphatic rings. The first-order valence-electron chi connectivity index (χ1n) is 8.84. The number of fused-ring (bicyclic) bond motifs is 2. The highest BCUT2D eigenvalue weighted by Gasteiger charge is 2.27. The van der Waals surface area contributed by atoms with E-state index in [0.717, 1.165) is 38.1 Å². The summed E-state index contributed by atoms with van der Waals surface area (Å²) in [7, 11) is 1.95. The van der Waals surface area contributed by atoms with Crippen molar-refractivity contribution in [2.24, 2.45) is 0 Å². The second-order valence-corrected chi connectivity index (χ2v) is 7.79. The molecular formula is C19H18N8S. The normalized spacial score (nSPS) is 13.6. The first-order chi connectivity index (χ1) is 13.7. The van der Waals surface area contributed by atoms with Crippen molar-refractivity contribution >= 4 is 44.8 Å². The average molecular weight is 390 g/mol. The molecule has 28 heavy (non-hydrogen) atoms. The van der Waals surface area contributed by atoms with Crippen LogP contribution in [-0.4, -0.2) is 32.1 Å².